The van der Waals surface area contributed by atoms with Crippen LogP contribution in [0.5, 0.6) is 0 Å². The molecule has 0 amide bonds. The molecule has 1 nitrogen and oxygen atoms in total. The summed E-state index contributed by atoms with van der Waals surface area (Å²) in [6.45, 7) is 6.12. The molecule has 2 unspecified atom stereocenters. The van der Waals surface area contributed by atoms with E-state index in [4.69, 9.17) is 0 Å². The van der Waals surface area contributed by atoms with Crippen LogP contribution in [-0.4, -0.2) is 12.1 Å². The first kappa shape index (κ1) is 11.4. The Kier molecular flexibility index (Phi) is 3.71. The zero-order valence-electron chi connectivity index (χ0n) is 10.5. The van der Waals surface area contributed by atoms with Gasteiger partial charge in [-0.15, -0.1) is 0 Å². The van der Waals surface area contributed by atoms with Crippen molar-refractivity contribution in [2.75, 3.05) is 6.54 Å². The van der Waals surface area contributed by atoms with Crippen LogP contribution in [0.3, 0.4) is 0 Å². The van der Waals surface area contributed by atoms with E-state index in [-0.39, 0.29) is 0 Å². The highest BCUT2D eigenvalue weighted by Gasteiger charge is 2.41. The van der Waals surface area contributed by atoms with Crippen LogP contribution in [0.25, 0.3) is 0 Å². The molecule has 1 heterocycles. The third-order valence-electron chi connectivity index (χ3n) is 4.68. The average Bonchev–Trinajstić information content (AvgIpc) is 2.42. The van der Waals surface area contributed by atoms with E-state index in [1.165, 1.54) is 57.9 Å². The van der Waals surface area contributed by atoms with Crippen molar-refractivity contribution in [1.29, 1.82) is 0 Å². The predicted molar refractivity (Wildman–Crippen MR) is 66.0 cm³/mol. The predicted octanol–water partition coefficient (Wildman–Crippen LogP) is 3.74. The second-order valence-corrected chi connectivity index (χ2v) is 5.99. The van der Waals surface area contributed by atoms with Gasteiger partial charge in [-0.05, 0) is 44.1 Å². The quantitative estimate of drug-likeness (QED) is 0.694. The minimum absolute atomic E-state index is 0.531. The SMILES string of the molecule is CC(C)C1CCCCCC12CCCCN2. The Labute approximate surface area is 95.0 Å². The van der Waals surface area contributed by atoms with Crippen molar-refractivity contribution >= 4 is 0 Å². The van der Waals surface area contributed by atoms with E-state index in [0.29, 0.717) is 5.54 Å². The van der Waals surface area contributed by atoms with Crippen molar-refractivity contribution in [2.24, 2.45) is 11.8 Å². The molecule has 2 atom stereocenters. The molecule has 1 aliphatic carbocycles. The molecule has 1 N–H and O–H groups in total. The van der Waals surface area contributed by atoms with E-state index in [1.807, 2.05) is 0 Å². The highest BCUT2D eigenvalue weighted by atomic mass is 15.0. The molecule has 2 fully saturated rings. The van der Waals surface area contributed by atoms with Crippen LogP contribution >= 0.6 is 0 Å². The maximum Gasteiger partial charge on any atom is 0.0212 e. The number of rotatable bonds is 1. The van der Waals surface area contributed by atoms with E-state index in [0.717, 1.165) is 11.8 Å². The summed E-state index contributed by atoms with van der Waals surface area (Å²) in [6.07, 6.45) is 11.6. The first-order valence-corrected chi connectivity index (χ1v) is 7.00. The summed E-state index contributed by atoms with van der Waals surface area (Å²) in [5.41, 5.74) is 0.531. The molecule has 0 radical (unpaired) electrons. The van der Waals surface area contributed by atoms with Crippen LogP contribution in [0.2, 0.25) is 0 Å². The molecule has 1 saturated carbocycles. The minimum Gasteiger partial charge on any atom is -0.311 e. The maximum absolute atomic E-state index is 3.91. The van der Waals surface area contributed by atoms with Crippen molar-refractivity contribution < 1.29 is 0 Å². The first-order chi connectivity index (χ1) is 7.25. The second kappa shape index (κ2) is 4.86. The lowest BCUT2D eigenvalue weighted by Gasteiger charge is -2.46. The molecule has 0 aromatic heterocycles. The van der Waals surface area contributed by atoms with E-state index in [1.54, 1.807) is 0 Å². The average molecular weight is 209 g/mol. The van der Waals surface area contributed by atoms with Gasteiger partial charge < -0.3 is 5.32 Å². The number of hydrogen-bond acceptors (Lipinski definition) is 1. The number of piperidine rings is 1. The summed E-state index contributed by atoms with van der Waals surface area (Å²) in [5.74, 6) is 1.79. The Hall–Kier alpha value is -0.0400. The molecule has 1 aliphatic heterocycles. The fourth-order valence-corrected chi connectivity index (χ4v) is 3.94. The van der Waals surface area contributed by atoms with Crippen LogP contribution in [0, 0.1) is 11.8 Å². The third kappa shape index (κ3) is 2.38. The van der Waals surface area contributed by atoms with Gasteiger partial charge in [0.25, 0.3) is 0 Å². The topological polar surface area (TPSA) is 12.0 Å². The zero-order chi connectivity index (χ0) is 10.7. The molecule has 2 rings (SSSR count). The summed E-state index contributed by atoms with van der Waals surface area (Å²) in [4.78, 5) is 0. The highest BCUT2D eigenvalue weighted by molar-refractivity contribution is 4.98. The Morgan fingerprint density at radius 3 is 2.33 bits per heavy atom. The van der Waals surface area contributed by atoms with Gasteiger partial charge in [0.15, 0.2) is 0 Å². The van der Waals surface area contributed by atoms with Gasteiger partial charge >= 0.3 is 0 Å². The summed E-state index contributed by atoms with van der Waals surface area (Å²) >= 11 is 0. The van der Waals surface area contributed by atoms with Crippen LogP contribution in [-0.2, 0) is 0 Å². The molecular weight excluding hydrogens is 182 g/mol. The molecule has 1 spiro atoms. The molecule has 1 saturated heterocycles. The third-order valence-corrected chi connectivity index (χ3v) is 4.68. The monoisotopic (exact) mass is 209 g/mol. The van der Waals surface area contributed by atoms with E-state index in [9.17, 15) is 0 Å². The van der Waals surface area contributed by atoms with E-state index < -0.39 is 0 Å². The Bertz CT molecular complexity index is 192. The lowest BCUT2D eigenvalue weighted by molar-refractivity contribution is 0.113. The van der Waals surface area contributed by atoms with E-state index >= 15 is 0 Å². The molecule has 0 aromatic carbocycles. The van der Waals surface area contributed by atoms with Gasteiger partial charge in [-0.1, -0.05) is 39.5 Å². The molecule has 1 heteroatoms. The summed E-state index contributed by atoms with van der Waals surface area (Å²) in [5, 5.41) is 3.91. The molecule has 15 heavy (non-hydrogen) atoms. The Morgan fingerprint density at radius 1 is 1.00 bits per heavy atom. The van der Waals surface area contributed by atoms with Crippen LogP contribution in [0.15, 0.2) is 0 Å². The van der Waals surface area contributed by atoms with Gasteiger partial charge in [-0.2, -0.15) is 0 Å². The van der Waals surface area contributed by atoms with E-state index in [2.05, 4.69) is 19.2 Å². The lowest BCUT2D eigenvalue weighted by Crippen LogP contribution is -2.54. The standard InChI is InChI=1S/C14H27N/c1-12(2)13-8-4-3-5-9-14(13)10-6-7-11-15-14/h12-13,15H,3-11H2,1-2H3. The van der Waals surface area contributed by atoms with Crippen LogP contribution in [0.1, 0.15) is 65.2 Å². The summed E-state index contributed by atoms with van der Waals surface area (Å²) in [6, 6.07) is 0. The van der Waals surface area contributed by atoms with Crippen LogP contribution < -0.4 is 5.32 Å². The molecule has 0 bridgehead atoms. The van der Waals surface area contributed by atoms with Gasteiger partial charge in [-0.3, -0.25) is 0 Å². The van der Waals surface area contributed by atoms with Crippen molar-refractivity contribution in [3.63, 3.8) is 0 Å². The molecule has 88 valence electrons. The van der Waals surface area contributed by atoms with Gasteiger partial charge in [0, 0.05) is 5.54 Å². The van der Waals surface area contributed by atoms with Crippen molar-refractivity contribution in [3.8, 4) is 0 Å². The fourth-order valence-electron chi connectivity index (χ4n) is 3.94. The van der Waals surface area contributed by atoms with Gasteiger partial charge in [0.2, 0.25) is 0 Å². The minimum atomic E-state index is 0.531. The van der Waals surface area contributed by atoms with Crippen molar-refractivity contribution in [1.82, 2.24) is 5.32 Å². The Morgan fingerprint density at radius 2 is 1.73 bits per heavy atom. The lowest BCUT2D eigenvalue weighted by atomic mass is 9.70. The number of nitrogens with one attached hydrogen (secondary N) is 1. The largest absolute Gasteiger partial charge is 0.311 e. The van der Waals surface area contributed by atoms with Gasteiger partial charge in [-0.25, -0.2) is 0 Å². The zero-order valence-corrected chi connectivity index (χ0v) is 10.5. The summed E-state index contributed by atoms with van der Waals surface area (Å²) < 4.78 is 0. The number of hydrogen-bond donors (Lipinski definition) is 1. The van der Waals surface area contributed by atoms with Crippen LogP contribution in [0.4, 0.5) is 0 Å². The van der Waals surface area contributed by atoms with Gasteiger partial charge in [0.1, 0.15) is 0 Å². The normalized spacial score (nSPS) is 38.2. The molecular formula is C14H27N. The fraction of sp³-hybridized carbons (Fsp3) is 1.00. The Balaban J connectivity index is 2.14. The van der Waals surface area contributed by atoms with Gasteiger partial charge in [0.05, 0.1) is 0 Å². The molecule has 0 aromatic rings. The first-order valence-electron chi connectivity index (χ1n) is 7.00. The summed E-state index contributed by atoms with van der Waals surface area (Å²) in [7, 11) is 0. The second-order valence-electron chi connectivity index (χ2n) is 5.99. The van der Waals surface area contributed by atoms with Crippen molar-refractivity contribution in [2.45, 2.75) is 70.8 Å². The maximum atomic E-state index is 3.91. The molecule has 2 aliphatic rings. The van der Waals surface area contributed by atoms with Crippen molar-refractivity contribution in [3.05, 3.63) is 0 Å². The highest BCUT2D eigenvalue weighted by Crippen LogP contribution is 2.41. The smallest absolute Gasteiger partial charge is 0.0212 e.